The quantitative estimate of drug-likeness (QED) is 0.118. The zero-order valence-electron chi connectivity index (χ0n) is 22.7. The Kier molecular flexibility index (Phi) is 14.1. The van der Waals surface area contributed by atoms with Gasteiger partial charge < -0.3 is 0 Å². The Balaban J connectivity index is 0.000000173. The molecule has 0 aliphatic rings. The molecule has 6 aromatic carbocycles. The van der Waals surface area contributed by atoms with Crippen molar-refractivity contribution in [1.82, 2.24) is 0 Å². The molecule has 0 N–H and O–H groups in total. The minimum absolute atomic E-state index is 0.446. The Morgan fingerprint density at radius 3 is 0.512 bits per heavy atom. The summed E-state index contributed by atoms with van der Waals surface area (Å²) < 4.78 is 0. The third-order valence-electron chi connectivity index (χ3n) is 6.09. The van der Waals surface area contributed by atoms with E-state index in [9.17, 15) is 0 Å². The summed E-state index contributed by atoms with van der Waals surface area (Å²) in [6, 6.07) is 64.7. The van der Waals surface area contributed by atoms with Gasteiger partial charge in [-0.25, -0.2) is 0 Å². The minimum atomic E-state index is -1.14. The van der Waals surface area contributed by atoms with Crippen molar-refractivity contribution in [2.24, 2.45) is 0 Å². The molecule has 0 saturated carbocycles. The van der Waals surface area contributed by atoms with Gasteiger partial charge in [0, 0.05) is 0 Å². The number of benzene rings is 6. The molecular weight excluding hydrogens is 766 g/mol. The molecule has 0 radical (unpaired) electrons. The Morgan fingerprint density at radius 1 is 0.268 bits per heavy atom. The van der Waals surface area contributed by atoms with Crippen molar-refractivity contribution in [3.63, 3.8) is 0 Å². The fourth-order valence-corrected chi connectivity index (χ4v) is 8.97. The van der Waals surface area contributed by atoms with E-state index in [2.05, 4.69) is 182 Å². The maximum absolute atomic E-state index is 4.99. The van der Waals surface area contributed by atoms with Crippen molar-refractivity contribution in [2.45, 2.75) is 0 Å². The van der Waals surface area contributed by atoms with Crippen molar-refractivity contribution in [1.29, 1.82) is 0 Å². The summed E-state index contributed by atoms with van der Waals surface area (Å²) in [5.74, 6) is 0. The van der Waals surface area contributed by atoms with E-state index in [1.807, 2.05) is 0 Å². The monoisotopic (exact) mass is 796 g/mol. The first kappa shape index (κ1) is 31.6. The summed E-state index contributed by atoms with van der Waals surface area (Å²) in [5, 5.41) is 8.39. The van der Waals surface area contributed by atoms with E-state index in [1.54, 1.807) is 0 Å². The van der Waals surface area contributed by atoms with Crippen molar-refractivity contribution >= 4 is 64.2 Å². The molecule has 0 atom stereocenters. The average molecular weight is 796 g/mol. The van der Waals surface area contributed by atoms with Crippen LogP contribution in [-0.4, -0.2) is 0 Å². The molecule has 0 aromatic heterocycles. The summed E-state index contributed by atoms with van der Waals surface area (Å²) >= 11 is -1.14. The van der Waals surface area contributed by atoms with Gasteiger partial charge in [0.05, 0.1) is 0 Å². The molecule has 0 aliphatic heterocycles. The largest absolute Gasteiger partial charge is 0.0622 e. The first-order chi connectivity index (χ1) is 20.3. The van der Waals surface area contributed by atoms with Gasteiger partial charge in [-0.1, -0.05) is 182 Å². The van der Waals surface area contributed by atoms with Crippen LogP contribution in [0.3, 0.4) is 0 Å². The predicted molar refractivity (Wildman–Crippen MR) is 182 cm³/mol. The number of hydrogen-bond acceptors (Lipinski definition) is 0. The smallest absolute Gasteiger partial charge is 0.0134 e. The zero-order chi connectivity index (χ0) is 28.5. The molecule has 0 heterocycles. The predicted octanol–water partition coefficient (Wildman–Crippen LogP) is 8.27. The Labute approximate surface area is 266 Å². The van der Waals surface area contributed by atoms with Crippen LogP contribution < -0.4 is 31.8 Å². The molecule has 0 spiro atoms. The Morgan fingerprint density at radius 2 is 0.390 bits per heavy atom. The maximum Gasteiger partial charge on any atom is -0.0134 e. The summed E-state index contributed by atoms with van der Waals surface area (Å²) in [5.41, 5.74) is 0. The summed E-state index contributed by atoms with van der Waals surface area (Å²) in [6.45, 7) is 0. The van der Waals surface area contributed by atoms with Crippen LogP contribution in [0, 0.1) is 0 Å². The van der Waals surface area contributed by atoms with Gasteiger partial charge in [0.2, 0.25) is 0 Å². The number of rotatable bonds is 6. The van der Waals surface area contributed by atoms with Crippen LogP contribution in [0.2, 0.25) is 0 Å². The van der Waals surface area contributed by atoms with E-state index in [-0.39, 0.29) is 0 Å². The Hall–Kier alpha value is -2.30. The molecule has 0 bridgehead atoms. The van der Waals surface area contributed by atoms with Gasteiger partial charge >= 0.3 is 38.6 Å². The van der Waals surface area contributed by atoms with E-state index < -0.39 is 37.9 Å². The molecule has 0 aliphatic carbocycles. The van der Waals surface area contributed by atoms with Crippen LogP contribution in [0.25, 0.3) is 0 Å². The van der Waals surface area contributed by atoms with Crippen LogP contribution >= 0.6 is 32.3 Å². The van der Waals surface area contributed by atoms with E-state index in [0.717, 1.165) is 0 Å². The SMILES string of the molecule is [Cl][Hg][Cl].c1ccc(P(c2ccccc2)c2ccccc2)cc1.c1ccc(P(c2ccccc2)c2ccccc2)cc1. The number of halogens is 2. The minimum Gasteiger partial charge on any atom is -0.0622 e. The van der Waals surface area contributed by atoms with E-state index in [0.29, 0.717) is 0 Å². The van der Waals surface area contributed by atoms with Crippen molar-refractivity contribution in [2.75, 3.05) is 0 Å². The molecule has 0 nitrogen and oxygen atoms in total. The second-order valence-electron chi connectivity index (χ2n) is 8.79. The van der Waals surface area contributed by atoms with Gasteiger partial charge in [0.15, 0.2) is 0 Å². The Bertz CT molecular complexity index is 1200. The first-order valence-electron chi connectivity index (χ1n) is 13.3. The normalized spacial score (nSPS) is 10.0. The average Bonchev–Trinajstić information content (AvgIpc) is 3.05. The molecule has 5 heteroatoms. The van der Waals surface area contributed by atoms with Gasteiger partial charge in [-0.05, 0) is 47.7 Å². The standard InChI is InChI=1S/2C18H15P.2ClH.Hg/c2*1-4-10-16(11-5-1)19(17-12-6-2-7-13-17)18-14-8-3-9-15-18;;;/h2*1-15H;2*1H;/q;;;;+2/p-2. The maximum atomic E-state index is 4.99. The van der Waals surface area contributed by atoms with Gasteiger partial charge in [0.1, 0.15) is 0 Å². The van der Waals surface area contributed by atoms with Gasteiger partial charge in [-0.3, -0.25) is 0 Å². The summed E-state index contributed by atoms with van der Waals surface area (Å²) in [6.07, 6.45) is 0. The molecule has 0 unspecified atom stereocenters. The third kappa shape index (κ3) is 9.89. The van der Waals surface area contributed by atoms with Crippen molar-refractivity contribution < 1.29 is 22.1 Å². The summed E-state index contributed by atoms with van der Waals surface area (Å²) in [4.78, 5) is 0. The fourth-order valence-electron chi connectivity index (χ4n) is 4.36. The van der Waals surface area contributed by atoms with Crippen molar-refractivity contribution in [3.8, 4) is 0 Å². The third-order valence-corrected chi connectivity index (χ3v) is 11.0. The van der Waals surface area contributed by atoms with Crippen LogP contribution in [0.5, 0.6) is 0 Å². The second kappa shape index (κ2) is 18.3. The molecule has 200 valence electrons. The molecule has 41 heavy (non-hydrogen) atoms. The number of hydrogen-bond donors (Lipinski definition) is 0. The van der Waals surface area contributed by atoms with E-state index in [4.69, 9.17) is 16.5 Å². The first-order valence-corrected chi connectivity index (χ1v) is 29.6. The van der Waals surface area contributed by atoms with Crippen LogP contribution in [0.15, 0.2) is 182 Å². The molecular formula is C36H30Cl2HgP2. The molecule has 0 fully saturated rings. The second-order valence-corrected chi connectivity index (χ2v) is 21.1. The van der Waals surface area contributed by atoms with Gasteiger partial charge in [-0.15, -0.1) is 0 Å². The molecule has 0 amide bonds. The molecule has 6 aromatic rings. The van der Waals surface area contributed by atoms with Crippen LogP contribution in [0.1, 0.15) is 0 Å². The zero-order valence-corrected chi connectivity index (χ0v) is 31.5. The fraction of sp³-hybridized carbons (Fsp3) is 0. The van der Waals surface area contributed by atoms with Crippen LogP contribution in [0.4, 0.5) is 0 Å². The van der Waals surface area contributed by atoms with Crippen LogP contribution in [-0.2, 0) is 22.1 Å². The molecule has 0 saturated heterocycles. The summed E-state index contributed by atoms with van der Waals surface area (Å²) in [7, 11) is 9.08. The van der Waals surface area contributed by atoms with E-state index in [1.165, 1.54) is 31.8 Å². The van der Waals surface area contributed by atoms with Gasteiger partial charge in [0.25, 0.3) is 0 Å². The topological polar surface area (TPSA) is 0 Å². The molecule has 6 rings (SSSR count). The van der Waals surface area contributed by atoms with E-state index >= 15 is 0 Å². The van der Waals surface area contributed by atoms with Crippen molar-refractivity contribution in [3.05, 3.63) is 182 Å². The van der Waals surface area contributed by atoms with Gasteiger partial charge in [-0.2, -0.15) is 0 Å².